The molecule has 0 aliphatic carbocycles. The number of anilines is 1. The molecule has 2 atom stereocenters. The summed E-state index contributed by atoms with van der Waals surface area (Å²) in [4.78, 5) is 4.37. The molecule has 122 valence electrons. The predicted molar refractivity (Wildman–Crippen MR) is 96.3 cm³/mol. The van der Waals surface area contributed by atoms with Crippen LogP contribution in [0, 0.1) is 0 Å². The second-order valence-corrected chi connectivity index (χ2v) is 6.72. The lowest BCUT2D eigenvalue weighted by Crippen LogP contribution is -2.28. The van der Waals surface area contributed by atoms with Crippen molar-refractivity contribution in [1.82, 2.24) is 14.8 Å². The molecule has 1 aliphatic heterocycles. The maximum atomic E-state index is 5.26. The zero-order valence-corrected chi connectivity index (χ0v) is 14.8. The minimum atomic E-state index is 0.138. The number of hydrogen-bond donors (Lipinski definition) is 1. The van der Waals surface area contributed by atoms with Crippen LogP contribution in [0.5, 0.6) is 5.75 Å². The van der Waals surface area contributed by atoms with Crippen LogP contribution in [-0.4, -0.2) is 21.9 Å². The second kappa shape index (κ2) is 6.28. The van der Waals surface area contributed by atoms with Crippen LogP contribution in [0.15, 0.2) is 59.3 Å². The Morgan fingerprint density at radius 2 is 2.00 bits per heavy atom. The van der Waals surface area contributed by atoms with E-state index >= 15 is 0 Å². The minimum Gasteiger partial charge on any atom is -0.497 e. The summed E-state index contributed by atoms with van der Waals surface area (Å²) < 4.78 is 8.30. The first-order valence-corrected chi connectivity index (χ1v) is 8.59. The summed E-state index contributed by atoms with van der Waals surface area (Å²) in [7, 11) is 1.68. The van der Waals surface area contributed by atoms with E-state index in [1.54, 1.807) is 13.4 Å². The first kappa shape index (κ1) is 15.2. The number of nitrogens with one attached hydrogen (secondary N) is 1. The van der Waals surface area contributed by atoms with Gasteiger partial charge in [0.1, 0.15) is 12.1 Å². The fourth-order valence-electron chi connectivity index (χ4n) is 3.17. The summed E-state index contributed by atoms with van der Waals surface area (Å²) >= 11 is 3.55. The number of methoxy groups -OCH3 is 1. The Balaban J connectivity index is 1.70. The first-order chi connectivity index (χ1) is 11.7. The van der Waals surface area contributed by atoms with Gasteiger partial charge in [-0.3, -0.25) is 0 Å². The molecule has 0 unspecified atom stereocenters. The van der Waals surface area contributed by atoms with Gasteiger partial charge in [0.05, 0.1) is 19.2 Å². The van der Waals surface area contributed by atoms with E-state index in [0.29, 0.717) is 0 Å². The summed E-state index contributed by atoms with van der Waals surface area (Å²) in [5.74, 6) is 1.65. The molecule has 0 fully saturated rings. The number of benzene rings is 2. The molecule has 2 aromatic carbocycles. The molecule has 6 heteroatoms. The van der Waals surface area contributed by atoms with Crippen molar-refractivity contribution in [2.45, 2.75) is 18.5 Å². The molecule has 0 spiro atoms. The van der Waals surface area contributed by atoms with Crippen molar-refractivity contribution in [3.8, 4) is 5.75 Å². The zero-order chi connectivity index (χ0) is 16.5. The molecule has 0 saturated heterocycles. The van der Waals surface area contributed by atoms with E-state index in [-0.39, 0.29) is 12.1 Å². The van der Waals surface area contributed by atoms with Crippen molar-refractivity contribution in [2.75, 3.05) is 12.4 Å². The van der Waals surface area contributed by atoms with Crippen molar-refractivity contribution in [3.05, 3.63) is 70.5 Å². The van der Waals surface area contributed by atoms with Gasteiger partial charge in [-0.1, -0.05) is 40.2 Å². The van der Waals surface area contributed by atoms with Crippen LogP contribution >= 0.6 is 15.9 Å². The molecular weight excluding hydrogens is 368 g/mol. The van der Waals surface area contributed by atoms with Crippen LogP contribution in [-0.2, 0) is 0 Å². The largest absolute Gasteiger partial charge is 0.497 e. The zero-order valence-electron chi connectivity index (χ0n) is 13.2. The lowest BCUT2D eigenvalue weighted by atomic mass is 9.93. The van der Waals surface area contributed by atoms with E-state index in [4.69, 9.17) is 4.74 Å². The molecule has 0 bridgehead atoms. The van der Waals surface area contributed by atoms with Gasteiger partial charge in [0.25, 0.3) is 0 Å². The number of aromatic nitrogens is 3. The number of nitrogens with zero attached hydrogens (tertiary/aromatic N) is 3. The number of hydrogen-bond acceptors (Lipinski definition) is 4. The van der Waals surface area contributed by atoms with E-state index in [2.05, 4.69) is 61.7 Å². The molecule has 2 heterocycles. The van der Waals surface area contributed by atoms with Gasteiger partial charge in [-0.05, 0) is 41.8 Å². The van der Waals surface area contributed by atoms with Gasteiger partial charge in [-0.15, -0.1) is 0 Å². The van der Waals surface area contributed by atoms with Crippen LogP contribution in [0.2, 0.25) is 0 Å². The first-order valence-electron chi connectivity index (χ1n) is 7.80. The lowest BCUT2D eigenvalue weighted by Gasteiger charge is -2.32. The Hall–Kier alpha value is -2.34. The predicted octanol–water partition coefficient (Wildman–Crippen LogP) is 4.20. The highest BCUT2D eigenvalue weighted by atomic mass is 79.9. The topological polar surface area (TPSA) is 52.0 Å². The molecule has 5 nitrogen and oxygen atoms in total. The smallest absolute Gasteiger partial charge is 0.222 e. The van der Waals surface area contributed by atoms with Crippen LogP contribution in [0.3, 0.4) is 0 Å². The maximum Gasteiger partial charge on any atom is 0.222 e. The molecule has 1 N–H and O–H groups in total. The number of halogens is 1. The Morgan fingerprint density at radius 3 is 2.75 bits per heavy atom. The number of rotatable bonds is 3. The number of fused-ring (bicyclic) bond motifs is 1. The van der Waals surface area contributed by atoms with E-state index in [0.717, 1.165) is 22.6 Å². The highest BCUT2D eigenvalue weighted by Crippen LogP contribution is 2.38. The third-order valence-corrected chi connectivity index (χ3v) is 4.88. The Kier molecular flexibility index (Phi) is 3.98. The molecule has 0 amide bonds. The molecule has 0 saturated carbocycles. The van der Waals surface area contributed by atoms with Crippen LogP contribution in [0.25, 0.3) is 0 Å². The minimum absolute atomic E-state index is 0.138. The maximum absolute atomic E-state index is 5.26. The summed E-state index contributed by atoms with van der Waals surface area (Å²) in [5.41, 5.74) is 2.43. The third kappa shape index (κ3) is 2.78. The van der Waals surface area contributed by atoms with Gasteiger partial charge in [0, 0.05) is 4.47 Å². The third-order valence-electron chi connectivity index (χ3n) is 4.38. The fourth-order valence-corrected chi connectivity index (χ4v) is 3.58. The van der Waals surface area contributed by atoms with Crippen molar-refractivity contribution >= 4 is 21.9 Å². The van der Waals surface area contributed by atoms with Crippen molar-refractivity contribution in [1.29, 1.82) is 0 Å². The molecule has 1 aliphatic rings. The Morgan fingerprint density at radius 1 is 1.17 bits per heavy atom. The van der Waals surface area contributed by atoms with Crippen molar-refractivity contribution in [2.24, 2.45) is 0 Å². The Bertz CT molecular complexity index is 846. The summed E-state index contributed by atoms with van der Waals surface area (Å²) in [6.07, 6.45) is 2.50. The van der Waals surface area contributed by atoms with E-state index < -0.39 is 0 Å². The summed E-state index contributed by atoms with van der Waals surface area (Å²) in [5, 5.41) is 7.89. The van der Waals surface area contributed by atoms with E-state index in [1.165, 1.54) is 11.1 Å². The Labute approximate surface area is 148 Å². The fraction of sp³-hybridized carbons (Fsp3) is 0.222. The van der Waals surface area contributed by atoms with Gasteiger partial charge in [-0.2, -0.15) is 10.1 Å². The molecule has 24 heavy (non-hydrogen) atoms. The van der Waals surface area contributed by atoms with Gasteiger partial charge >= 0.3 is 0 Å². The number of ether oxygens (including phenoxy) is 1. The van der Waals surface area contributed by atoms with Crippen LogP contribution in [0.4, 0.5) is 5.95 Å². The van der Waals surface area contributed by atoms with Crippen molar-refractivity contribution < 1.29 is 4.74 Å². The average molecular weight is 385 g/mol. The highest BCUT2D eigenvalue weighted by molar-refractivity contribution is 9.10. The van der Waals surface area contributed by atoms with Crippen LogP contribution in [0.1, 0.15) is 29.6 Å². The quantitative estimate of drug-likeness (QED) is 0.735. The van der Waals surface area contributed by atoms with E-state index in [9.17, 15) is 0 Å². The molecular formula is C18H17BrN4O. The molecule has 4 rings (SSSR count). The summed E-state index contributed by atoms with van der Waals surface area (Å²) in [6, 6.07) is 16.9. The van der Waals surface area contributed by atoms with Crippen molar-refractivity contribution in [3.63, 3.8) is 0 Å². The second-order valence-electron chi connectivity index (χ2n) is 5.80. The monoisotopic (exact) mass is 384 g/mol. The molecule has 1 aromatic heterocycles. The van der Waals surface area contributed by atoms with Gasteiger partial charge in [0.15, 0.2) is 0 Å². The SMILES string of the molecule is COc1ccc([C@@H]2C[C@H](c3cccc(Br)c3)Nc3ncnn32)cc1. The van der Waals surface area contributed by atoms with Gasteiger partial charge < -0.3 is 10.1 Å². The molecule has 0 radical (unpaired) electrons. The standard InChI is InChI=1S/C18H17BrN4O/c1-24-15-7-5-12(6-8-15)17-10-16(13-3-2-4-14(19)9-13)22-18-20-11-21-23(17)18/h2-9,11,16-17H,10H2,1H3,(H,20,21,22)/t16-,17+/m1/s1. The molecule has 3 aromatic rings. The lowest BCUT2D eigenvalue weighted by molar-refractivity contribution is 0.411. The van der Waals surface area contributed by atoms with Gasteiger partial charge in [0.2, 0.25) is 5.95 Å². The average Bonchev–Trinajstić information content (AvgIpc) is 3.09. The van der Waals surface area contributed by atoms with Gasteiger partial charge in [-0.25, -0.2) is 4.68 Å². The highest BCUT2D eigenvalue weighted by Gasteiger charge is 2.29. The van der Waals surface area contributed by atoms with E-state index in [1.807, 2.05) is 22.9 Å². The summed E-state index contributed by atoms with van der Waals surface area (Å²) in [6.45, 7) is 0. The normalized spacial score (nSPS) is 19.4. The van der Waals surface area contributed by atoms with Crippen LogP contribution < -0.4 is 10.1 Å².